The first-order chi connectivity index (χ1) is 12.8. The molecule has 1 amide bonds. The van der Waals surface area contributed by atoms with E-state index in [0.29, 0.717) is 12.4 Å². The number of benzene rings is 2. The fraction of sp³-hybridized carbons (Fsp3) is 0.263. The number of carbonyl (C=O) groups is 1. The average molecular weight is 376 g/mol. The first kappa shape index (κ1) is 18.9. The molecule has 3 aromatic rings. The molecule has 3 rings (SSSR count). The van der Waals surface area contributed by atoms with Gasteiger partial charge in [-0.15, -0.1) is 0 Å². The molecule has 0 fully saturated rings. The number of fused-ring (bicyclic) bond motifs is 1. The lowest BCUT2D eigenvalue weighted by Crippen LogP contribution is -2.23. The Labute approximate surface area is 154 Å². The van der Waals surface area contributed by atoms with Crippen LogP contribution >= 0.6 is 0 Å². The van der Waals surface area contributed by atoms with Crippen molar-refractivity contribution in [3.8, 4) is 0 Å². The Kier molecular flexibility index (Phi) is 5.18. The molecule has 0 aliphatic heterocycles. The van der Waals surface area contributed by atoms with Crippen molar-refractivity contribution in [2.75, 3.05) is 19.4 Å². The lowest BCUT2D eigenvalue weighted by atomic mass is 10.1. The van der Waals surface area contributed by atoms with E-state index in [1.807, 2.05) is 43.3 Å². The van der Waals surface area contributed by atoms with Gasteiger partial charge >= 0.3 is 6.18 Å². The van der Waals surface area contributed by atoms with Crippen molar-refractivity contribution in [3.63, 3.8) is 0 Å². The Bertz CT molecular complexity index is 963. The standard InChI is InChI=1S/C19H19F3N4O/c1-25(2)11-17-23-15-9-5-6-10-16(15)26(17)12-18(27)24-14-8-4-3-7-13(14)19(20,21)22/h3-10H,11-12H2,1-2H3,(H,24,27). The van der Waals surface area contributed by atoms with Crippen LogP contribution in [0.3, 0.4) is 0 Å². The quantitative estimate of drug-likeness (QED) is 0.738. The van der Waals surface area contributed by atoms with Crippen molar-refractivity contribution in [3.05, 3.63) is 59.9 Å². The molecule has 0 radical (unpaired) electrons. The molecule has 1 aromatic heterocycles. The van der Waals surface area contributed by atoms with E-state index < -0.39 is 17.6 Å². The Hall–Kier alpha value is -2.87. The number of nitrogens with zero attached hydrogens (tertiary/aromatic N) is 3. The predicted molar refractivity (Wildman–Crippen MR) is 97.2 cm³/mol. The van der Waals surface area contributed by atoms with Crippen LogP contribution in [-0.4, -0.2) is 34.5 Å². The Balaban J connectivity index is 1.89. The van der Waals surface area contributed by atoms with E-state index in [-0.39, 0.29) is 12.2 Å². The maximum absolute atomic E-state index is 13.1. The summed E-state index contributed by atoms with van der Waals surface area (Å²) < 4.78 is 41.1. The third-order valence-corrected chi connectivity index (χ3v) is 4.00. The van der Waals surface area contributed by atoms with Gasteiger partial charge in [-0.05, 0) is 38.4 Å². The van der Waals surface area contributed by atoms with Gasteiger partial charge in [-0.3, -0.25) is 4.79 Å². The van der Waals surface area contributed by atoms with Gasteiger partial charge in [0.1, 0.15) is 12.4 Å². The van der Waals surface area contributed by atoms with Crippen LogP contribution in [0.25, 0.3) is 11.0 Å². The second-order valence-electron chi connectivity index (χ2n) is 6.43. The summed E-state index contributed by atoms with van der Waals surface area (Å²) in [7, 11) is 3.76. The van der Waals surface area contributed by atoms with Gasteiger partial charge in [0.2, 0.25) is 5.91 Å². The highest BCUT2D eigenvalue weighted by atomic mass is 19.4. The molecular formula is C19H19F3N4O. The molecule has 2 aromatic carbocycles. The fourth-order valence-corrected chi connectivity index (χ4v) is 2.88. The van der Waals surface area contributed by atoms with Crippen molar-refractivity contribution in [1.29, 1.82) is 0 Å². The van der Waals surface area contributed by atoms with Crippen LogP contribution in [0.4, 0.5) is 18.9 Å². The molecule has 0 bridgehead atoms. The maximum Gasteiger partial charge on any atom is 0.418 e. The van der Waals surface area contributed by atoms with Gasteiger partial charge in [-0.25, -0.2) is 4.98 Å². The summed E-state index contributed by atoms with van der Waals surface area (Å²) in [5, 5.41) is 2.38. The largest absolute Gasteiger partial charge is 0.418 e. The third-order valence-electron chi connectivity index (χ3n) is 4.00. The Morgan fingerprint density at radius 2 is 1.78 bits per heavy atom. The molecule has 0 aliphatic rings. The molecule has 1 heterocycles. The SMILES string of the molecule is CN(C)Cc1nc2ccccc2n1CC(=O)Nc1ccccc1C(F)(F)F. The van der Waals surface area contributed by atoms with Crippen molar-refractivity contribution in [1.82, 2.24) is 14.5 Å². The molecule has 5 nitrogen and oxygen atoms in total. The van der Waals surface area contributed by atoms with Crippen LogP contribution in [0.5, 0.6) is 0 Å². The number of halogens is 3. The normalized spacial score (nSPS) is 11.9. The molecular weight excluding hydrogens is 357 g/mol. The number of aromatic nitrogens is 2. The molecule has 0 spiro atoms. The molecule has 1 N–H and O–H groups in total. The lowest BCUT2D eigenvalue weighted by Gasteiger charge is -2.15. The van der Waals surface area contributed by atoms with E-state index in [4.69, 9.17) is 0 Å². The molecule has 0 aliphatic carbocycles. The van der Waals surface area contributed by atoms with Gasteiger partial charge < -0.3 is 14.8 Å². The monoisotopic (exact) mass is 376 g/mol. The van der Waals surface area contributed by atoms with E-state index in [2.05, 4.69) is 10.3 Å². The van der Waals surface area contributed by atoms with E-state index >= 15 is 0 Å². The van der Waals surface area contributed by atoms with Crippen molar-refractivity contribution < 1.29 is 18.0 Å². The summed E-state index contributed by atoms with van der Waals surface area (Å²) >= 11 is 0. The highest BCUT2D eigenvalue weighted by Crippen LogP contribution is 2.34. The van der Waals surface area contributed by atoms with E-state index in [1.165, 1.54) is 18.2 Å². The molecule has 0 atom stereocenters. The highest BCUT2D eigenvalue weighted by molar-refractivity contribution is 5.92. The maximum atomic E-state index is 13.1. The second kappa shape index (κ2) is 7.40. The summed E-state index contributed by atoms with van der Waals surface area (Å²) in [4.78, 5) is 18.9. The summed E-state index contributed by atoms with van der Waals surface area (Å²) in [6, 6.07) is 12.3. The molecule has 8 heteroatoms. The van der Waals surface area contributed by atoms with E-state index in [1.54, 1.807) is 4.57 Å². The van der Waals surface area contributed by atoms with Crippen LogP contribution in [0, 0.1) is 0 Å². The number of nitrogens with one attached hydrogen (secondary N) is 1. The van der Waals surface area contributed by atoms with Crippen molar-refractivity contribution >= 4 is 22.6 Å². The number of hydrogen-bond acceptors (Lipinski definition) is 3. The smallest absolute Gasteiger partial charge is 0.324 e. The molecule has 27 heavy (non-hydrogen) atoms. The minimum Gasteiger partial charge on any atom is -0.324 e. The van der Waals surface area contributed by atoms with Crippen molar-refractivity contribution in [2.24, 2.45) is 0 Å². The molecule has 0 saturated heterocycles. The summed E-state index contributed by atoms with van der Waals surface area (Å²) in [6.07, 6.45) is -4.54. The number of anilines is 1. The van der Waals surface area contributed by atoms with Gasteiger partial charge in [-0.1, -0.05) is 24.3 Å². The van der Waals surface area contributed by atoms with Crippen LogP contribution in [0.2, 0.25) is 0 Å². The Morgan fingerprint density at radius 1 is 1.11 bits per heavy atom. The van der Waals surface area contributed by atoms with Gasteiger partial charge in [0, 0.05) is 0 Å². The Morgan fingerprint density at radius 3 is 2.48 bits per heavy atom. The van der Waals surface area contributed by atoms with Crippen LogP contribution in [-0.2, 0) is 24.1 Å². The molecule has 0 unspecified atom stereocenters. The number of rotatable bonds is 5. The zero-order valence-electron chi connectivity index (χ0n) is 14.9. The number of alkyl halides is 3. The summed E-state index contributed by atoms with van der Waals surface area (Å²) in [5.74, 6) is 0.121. The predicted octanol–water partition coefficient (Wildman–Crippen LogP) is 3.76. The van der Waals surface area contributed by atoms with Gasteiger partial charge in [-0.2, -0.15) is 13.2 Å². The van der Waals surface area contributed by atoms with E-state index in [9.17, 15) is 18.0 Å². The zero-order chi connectivity index (χ0) is 19.6. The van der Waals surface area contributed by atoms with Crippen LogP contribution < -0.4 is 5.32 Å². The fourth-order valence-electron chi connectivity index (χ4n) is 2.88. The molecule has 142 valence electrons. The van der Waals surface area contributed by atoms with E-state index in [0.717, 1.165) is 17.1 Å². The number of amides is 1. The molecule has 0 saturated carbocycles. The number of carbonyl (C=O) groups excluding carboxylic acids is 1. The van der Waals surface area contributed by atoms with Gasteiger partial charge in [0.15, 0.2) is 0 Å². The van der Waals surface area contributed by atoms with Gasteiger partial charge in [0.25, 0.3) is 0 Å². The first-order valence-corrected chi connectivity index (χ1v) is 8.30. The zero-order valence-corrected chi connectivity index (χ0v) is 14.9. The van der Waals surface area contributed by atoms with Crippen molar-refractivity contribution in [2.45, 2.75) is 19.3 Å². The minimum atomic E-state index is -4.54. The first-order valence-electron chi connectivity index (χ1n) is 8.30. The highest BCUT2D eigenvalue weighted by Gasteiger charge is 2.33. The minimum absolute atomic E-state index is 0.129. The summed E-state index contributed by atoms with van der Waals surface area (Å²) in [5.41, 5.74) is 0.363. The average Bonchev–Trinajstić information content (AvgIpc) is 2.91. The second-order valence-corrected chi connectivity index (χ2v) is 6.43. The number of imidazole rings is 1. The van der Waals surface area contributed by atoms with Gasteiger partial charge in [0.05, 0.1) is 28.8 Å². The number of hydrogen-bond donors (Lipinski definition) is 1. The number of para-hydroxylation sites is 3. The lowest BCUT2D eigenvalue weighted by molar-refractivity contribution is -0.137. The topological polar surface area (TPSA) is 50.2 Å². The van der Waals surface area contributed by atoms with Crippen LogP contribution in [0.1, 0.15) is 11.4 Å². The summed E-state index contributed by atoms with van der Waals surface area (Å²) in [6.45, 7) is 0.372. The third kappa shape index (κ3) is 4.28. The van der Waals surface area contributed by atoms with Crippen LogP contribution in [0.15, 0.2) is 48.5 Å².